The van der Waals surface area contributed by atoms with Gasteiger partial charge in [-0.25, -0.2) is 4.79 Å². The van der Waals surface area contributed by atoms with Gasteiger partial charge in [0.15, 0.2) is 6.61 Å². The van der Waals surface area contributed by atoms with E-state index in [4.69, 9.17) is 5.11 Å². The highest BCUT2D eigenvalue weighted by atomic mass is 19.4. The fourth-order valence-electron chi connectivity index (χ4n) is 1.05. The number of aliphatic hydroxyl groups excluding tert-OH is 1. The molecule has 0 bridgehead atoms. The zero-order valence-electron chi connectivity index (χ0n) is 8.62. The molecule has 94 valence electrons. The number of aliphatic hydroxyl groups is 1. The second-order valence-electron chi connectivity index (χ2n) is 3.17. The van der Waals surface area contributed by atoms with Crippen LogP contribution in [-0.4, -0.2) is 24.0 Å². The summed E-state index contributed by atoms with van der Waals surface area (Å²) in [6.07, 6.45) is -5.75. The summed E-state index contributed by atoms with van der Waals surface area (Å²) in [7, 11) is 0. The molecule has 0 fully saturated rings. The minimum absolute atomic E-state index is 0.229. The van der Waals surface area contributed by atoms with Crippen molar-refractivity contribution in [3.8, 4) is 0 Å². The number of carbonyl (C=O) groups excluding carboxylic acids is 1. The number of ether oxygens (including phenoxy) is 1. The van der Waals surface area contributed by atoms with Gasteiger partial charge in [-0.05, 0) is 17.7 Å². The van der Waals surface area contributed by atoms with E-state index in [-0.39, 0.29) is 12.3 Å². The van der Waals surface area contributed by atoms with Crippen molar-refractivity contribution in [3.63, 3.8) is 0 Å². The lowest BCUT2D eigenvalue weighted by atomic mass is 10.2. The summed E-state index contributed by atoms with van der Waals surface area (Å²) in [6, 6.07) is 6.04. The highest BCUT2D eigenvalue weighted by Crippen LogP contribution is 2.15. The maximum Gasteiger partial charge on any atom is 0.422 e. The molecule has 0 aliphatic rings. The largest absolute Gasteiger partial charge is 0.440 e. The maximum atomic E-state index is 11.7. The van der Waals surface area contributed by atoms with Gasteiger partial charge in [0, 0.05) is 5.69 Å². The Morgan fingerprint density at radius 3 is 2.71 bits per heavy atom. The molecule has 0 saturated heterocycles. The molecule has 7 heteroatoms. The van der Waals surface area contributed by atoms with Crippen molar-refractivity contribution < 1.29 is 27.8 Å². The average Bonchev–Trinajstić information content (AvgIpc) is 2.26. The van der Waals surface area contributed by atoms with Crippen LogP contribution in [0.1, 0.15) is 5.56 Å². The standard InChI is InChI=1S/C10H10F3NO3/c11-10(12,13)6-17-9(16)14-8-3-1-2-7(4-8)5-15/h1-4,15H,5-6H2,(H,14,16). The summed E-state index contributed by atoms with van der Waals surface area (Å²) in [4.78, 5) is 11.0. The topological polar surface area (TPSA) is 58.6 Å². The zero-order valence-corrected chi connectivity index (χ0v) is 8.62. The van der Waals surface area contributed by atoms with Crippen LogP contribution >= 0.6 is 0 Å². The highest BCUT2D eigenvalue weighted by Gasteiger charge is 2.29. The first-order chi connectivity index (χ1) is 7.90. The minimum Gasteiger partial charge on any atom is -0.440 e. The van der Waals surface area contributed by atoms with Crippen molar-refractivity contribution in [1.82, 2.24) is 0 Å². The number of alkyl halides is 3. The Hall–Kier alpha value is -1.76. The van der Waals surface area contributed by atoms with Gasteiger partial charge in [-0.2, -0.15) is 13.2 Å². The fraction of sp³-hybridized carbons (Fsp3) is 0.300. The Morgan fingerprint density at radius 2 is 2.12 bits per heavy atom. The molecule has 1 rings (SSSR count). The lowest BCUT2D eigenvalue weighted by Gasteiger charge is -2.09. The normalized spacial score (nSPS) is 11.1. The second-order valence-corrected chi connectivity index (χ2v) is 3.17. The molecule has 2 N–H and O–H groups in total. The van der Waals surface area contributed by atoms with Crippen LogP contribution in [0.5, 0.6) is 0 Å². The van der Waals surface area contributed by atoms with Crippen LogP contribution in [-0.2, 0) is 11.3 Å². The molecule has 0 atom stereocenters. The van der Waals surface area contributed by atoms with E-state index >= 15 is 0 Å². The third-order valence-corrected chi connectivity index (χ3v) is 1.72. The zero-order chi connectivity index (χ0) is 12.9. The average molecular weight is 249 g/mol. The molecule has 0 aliphatic carbocycles. The van der Waals surface area contributed by atoms with Gasteiger partial charge in [0.25, 0.3) is 0 Å². The van der Waals surface area contributed by atoms with Crippen LogP contribution < -0.4 is 5.32 Å². The Morgan fingerprint density at radius 1 is 1.41 bits per heavy atom. The number of carbonyl (C=O) groups is 1. The molecule has 0 heterocycles. The van der Waals surface area contributed by atoms with Crippen LogP contribution in [0.15, 0.2) is 24.3 Å². The SMILES string of the molecule is O=C(Nc1cccc(CO)c1)OCC(F)(F)F. The van der Waals surface area contributed by atoms with Crippen molar-refractivity contribution >= 4 is 11.8 Å². The van der Waals surface area contributed by atoms with Gasteiger partial charge in [0.1, 0.15) is 0 Å². The Kier molecular flexibility index (Phi) is 4.33. The Balaban J connectivity index is 2.50. The first-order valence-electron chi connectivity index (χ1n) is 4.61. The molecule has 0 aromatic heterocycles. The first kappa shape index (κ1) is 13.3. The van der Waals surface area contributed by atoms with Gasteiger partial charge in [-0.15, -0.1) is 0 Å². The number of anilines is 1. The number of benzene rings is 1. The molecule has 4 nitrogen and oxygen atoms in total. The van der Waals surface area contributed by atoms with E-state index in [1.54, 1.807) is 12.1 Å². The third-order valence-electron chi connectivity index (χ3n) is 1.72. The molecule has 0 saturated carbocycles. The maximum absolute atomic E-state index is 11.7. The van der Waals surface area contributed by atoms with E-state index < -0.39 is 18.9 Å². The van der Waals surface area contributed by atoms with Gasteiger partial charge >= 0.3 is 12.3 Å². The van der Waals surface area contributed by atoms with Gasteiger partial charge in [-0.3, -0.25) is 5.32 Å². The summed E-state index contributed by atoms with van der Waals surface area (Å²) < 4.78 is 39.2. The van der Waals surface area contributed by atoms with E-state index in [1.165, 1.54) is 12.1 Å². The van der Waals surface area contributed by atoms with Crippen molar-refractivity contribution in [2.24, 2.45) is 0 Å². The number of amides is 1. The molecule has 0 spiro atoms. The summed E-state index contributed by atoms with van der Waals surface area (Å²) >= 11 is 0. The number of hydrogen-bond donors (Lipinski definition) is 2. The summed E-state index contributed by atoms with van der Waals surface area (Å²) in [5.41, 5.74) is 0.780. The second kappa shape index (κ2) is 5.53. The van der Waals surface area contributed by atoms with Crippen LogP contribution in [0.4, 0.5) is 23.7 Å². The summed E-state index contributed by atoms with van der Waals surface area (Å²) in [6.45, 7) is -1.87. The van der Waals surface area contributed by atoms with Crippen LogP contribution in [0.3, 0.4) is 0 Å². The van der Waals surface area contributed by atoms with E-state index in [9.17, 15) is 18.0 Å². The van der Waals surface area contributed by atoms with E-state index in [0.717, 1.165) is 0 Å². The number of halogens is 3. The van der Waals surface area contributed by atoms with E-state index in [1.807, 2.05) is 0 Å². The van der Waals surface area contributed by atoms with Gasteiger partial charge < -0.3 is 9.84 Å². The number of hydrogen-bond acceptors (Lipinski definition) is 3. The predicted octanol–water partition coefficient (Wildman–Crippen LogP) is 2.29. The highest BCUT2D eigenvalue weighted by molar-refractivity contribution is 5.84. The number of rotatable bonds is 3. The molecule has 1 amide bonds. The lowest BCUT2D eigenvalue weighted by molar-refractivity contribution is -0.159. The monoisotopic (exact) mass is 249 g/mol. The molecule has 1 aromatic rings. The van der Waals surface area contributed by atoms with Crippen LogP contribution in [0.25, 0.3) is 0 Å². The van der Waals surface area contributed by atoms with Crippen molar-refractivity contribution in [2.75, 3.05) is 11.9 Å². The fourth-order valence-corrected chi connectivity index (χ4v) is 1.05. The Bertz CT molecular complexity index is 393. The minimum atomic E-state index is -4.55. The molecular formula is C10H10F3NO3. The van der Waals surface area contributed by atoms with Crippen LogP contribution in [0.2, 0.25) is 0 Å². The van der Waals surface area contributed by atoms with Gasteiger partial charge in [0.2, 0.25) is 0 Å². The molecule has 1 aromatic carbocycles. The summed E-state index contributed by atoms with van der Waals surface area (Å²) in [5, 5.41) is 10.9. The van der Waals surface area contributed by atoms with Crippen LogP contribution in [0, 0.1) is 0 Å². The van der Waals surface area contributed by atoms with Crippen molar-refractivity contribution in [2.45, 2.75) is 12.8 Å². The predicted molar refractivity (Wildman–Crippen MR) is 53.4 cm³/mol. The van der Waals surface area contributed by atoms with Crippen molar-refractivity contribution in [3.05, 3.63) is 29.8 Å². The first-order valence-corrected chi connectivity index (χ1v) is 4.61. The summed E-state index contributed by atoms with van der Waals surface area (Å²) in [5.74, 6) is 0. The molecule has 0 aliphatic heterocycles. The molecule has 0 radical (unpaired) electrons. The number of nitrogens with one attached hydrogen (secondary N) is 1. The quantitative estimate of drug-likeness (QED) is 0.864. The molecule has 0 unspecified atom stereocenters. The molecule has 17 heavy (non-hydrogen) atoms. The Labute approximate surface area is 95.0 Å². The van der Waals surface area contributed by atoms with E-state index in [2.05, 4.69) is 10.1 Å². The smallest absolute Gasteiger partial charge is 0.422 e. The van der Waals surface area contributed by atoms with E-state index in [0.29, 0.717) is 5.56 Å². The molecular weight excluding hydrogens is 239 g/mol. The van der Waals surface area contributed by atoms with Crippen molar-refractivity contribution in [1.29, 1.82) is 0 Å². The lowest BCUT2D eigenvalue weighted by Crippen LogP contribution is -2.23. The van der Waals surface area contributed by atoms with Gasteiger partial charge in [0.05, 0.1) is 6.61 Å². The third kappa shape index (κ3) is 5.21. The van der Waals surface area contributed by atoms with Gasteiger partial charge in [-0.1, -0.05) is 12.1 Å².